The fraction of sp³-hybridized carbons (Fsp3) is 0.0556. The van der Waals surface area contributed by atoms with Crippen molar-refractivity contribution < 1.29 is 4.74 Å². The van der Waals surface area contributed by atoms with Crippen molar-refractivity contribution in [2.75, 3.05) is 0 Å². The zero-order chi connectivity index (χ0) is 13.9. The Hall–Kier alpha value is -2.79. The highest BCUT2D eigenvalue weighted by molar-refractivity contribution is 5.83. The minimum atomic E-state index is 0.554. The quantitative estimate of drug-likeness (QED) is 0.661. The summed E-state index contributed by atoms with van der Waals surface area (Å²) in [5, 5.41) is 11.5. The molecule has 0 unspecified atom stereocenters. The Morgan fingerprint density at radius 2 is 1.70 bits per heavy atom. The van der Waals surface area contributed by atoms with Crippen LogP contribution < -0.4 is 4.74 Å². The first-order chi connectivity index (χ1) is 9.78. The molecule has 0 aliphatic rings. The predicted octanol–water partition coefficient (Wildman–Crippen LogP) is 4.81. The Morgan fingerprint density at radius 3 is 2.50 bits per heavy atom. The van der Waals surface area contributed by atoms with E-state index in [2.05, 4.69) is 12.1 Å². The summed E-state index contributed by atoms with van der Waals surface area (Å²) in [5.41, 5.74) is 1.51. The first-order valence-electron chi connectivity index (χ1n) is 6.44. The van der Waals surface area contributed by atoms with Crippen LogP contribution in [-0.2, 0) is 0 Å². The molecule has 3 aromatic rings. The highest BCUT2D eigenvalue weighted by Crippen LogP contribution is 2.30. The summed E-state index contributed by atoms with van der Waals surface area (Å²) in [5.74, 6) is 1.37. The Balaban J connectivity index is 2.04. The zero-order valence-electron chi connectivity index (χ0n) is 11.1. The fourth-order valence-electron chi connectivity index (χ4n) is 2.22. The number of aryl methyl sites for hydroxylation is 1. The number of hydrogen-bond acceptors (Lipinski definition) is 2. The molecule has 0 aliphatic carbocycles. The molecule has 0 spiro atoms. The number of rotatable bonds is 2. The molecule has 0 saturated heterocycles. The first kappa shape index (κ1) is 12.3. The van der Waals surface area contributed by atoms with E-state index in [9.17, 15) is 0 Å². The SMILES string of the molecule is Cc1cccc(C#N)c1Oc1ccc2ccccc2c1. The van der Waals surface area contributed by atoms with Gasteiger partial charge >= 0.3 is 0 Å². The lowest BCUT2D eigenvalue weighted by Gasteiger charge is -2.10. The van der Waals surface area contributed by atoms with Crippen molar-refractivity contribution >= 4 is 10.8 Å². The van der Waals surface area contributed by atoms with Crippen molar-refractivity contribution in [2.24, 2.45) is 0 Å². The van der Waals surface area contributed by atoms with Gasteiger partial charge in [-0.3, -0.25) is 0 Å². The van der Waals surface area contributed by atoms with Gasteiger partial charge in [0.15, 0.2) is 0 Å². The molecule has 0 bridgehead atoms. The summed E-state index contributed by atoms with van der Waals surface area (Å²) >= 11 is 0. The number of ether oxygens (including phenoxy) is 1. The number of hydrogen-bond donors (Lipinski definition) is 0. The maximum absolute atomic E-state index is 9.16. The smallest absolute Gasteiger partial charge is 0.148 e. The van der Waals surface area contributed by atoms with E-state index in [0.717, 1.165) is 16.7 Å². The molecule has 0 heterocycles. The standard InChI is InChI=1S/C18H13NO/c1-13-5-4-8-16(12-19)18(13)20-17-10-9-14-6-2-3-7-15(14)11-17/h2-11H,1H3. The van der Waals surface area contributed by atoms with Crippen LogP contribution in [0.5, 0.6) is 11.5 Å². The predicted molar refractivity (Wildman–Crippen MR) is 79.9 cm³/mol. The first-order valence-corrected chi connectivity index (χ1v) is 6.44. The summed E-state index contributed by atoms with van der Waals surface area (Å²) in [7, 11) is 0. The van der Waals surface area contributed by atoms with E-state index in [0.29, 0.717) is 11.3 Å². The largest absolute Gasteiger partial charge is 0.456 e. The van der Waals surface area contributed by atoms with Crippen LogP contribution >= 0.6 is 0 Å². The number of para-hydroxylation sites is 1. The van der Waals surface area contributed by atoms with Gasteiger partial charge in [0.25, 0.3) is 0 Å². The van der Waals surface area contributed by atoms with E-state index < -0.39 is 0 Å². The Bertz CT molecular complexity index is 815. The van der Waals surface area contributed by atoms with E-state index in [4.69, 9.17) is 10.00 Å². The third kappa shape index (κ3) is 2.22. The molecule has 2 heteroatoms. The molecule has 0 saturated carbocycles. The van der Waals surface area contributed by atoms with Gasteiger partial charge in [-0.1, -0.05) is 42.5 Å². The van der Waals surface area contributed by atoms with Crippen LogP contribution in [0.25, 0.3) is 10.8 Å². The van der Waals surface area contributed by atoms with Crippen LogP contribution in [0, 0.1) is 18.3 Å². The number of nitriles is 1. The average Bonchev–Trinajstić information content (AvgIpc) is 2.49. The van der Waals surface area contributed by atoms with Crippen LogP contribution in [0.1, 0.15) is 11.1 Å². The highest BCUT2D eigenvalue weighted by Gasteiger charge is 2.08. The molecule has 3 rings (SSSR count). The normalized spacial score (nSPS) is 10.2. The number of fused-ring (bicyclic) bond motifs is 1. The molecule has 0 aromatic heterocycles. The van der Waals surface area contributed by atoms with Crippen LogP contribution in [-0.4, -0.2) is 0 Å². The molecule has 0 amide bonds. The Morgan fingerprint density at radius 1 is 0.900 bits per heavy atom. The summed E-state index contributed by atoms with van der Waals surface area (Å²) in [6.07, 6.45) is 0. The number of nitrogens with zero attached hydrogens (tertiary/aromatic N) is 1. The molecule has 0 atom stereocenters. The third-order valence-corrected chi connectivity index (χ3v) is 3.27. The van der Waals surface area contributed by atoms with Crippen LogP contribution in [0.4, 0.5) is 0 Å². The second-order valence-corrected chi connectivity index (χ2v) is 4.67. The molecule has 20 heavy (non-hydrogen) atoms. The van der Waals surface area contributed by atoms with Crippen molar-refractivity contribution in [3.05, 3.63) is 71.8 Å². The molecule has 2 nitrogen and oxygen atoms in total. The maximum atomic E-state index is 9.16. The summed E-state index contributed by atoms with van der Waals surface area (Å²) in [6, 6.07) is 21.8. The molecule has 96 valence electrons. The lowest BCUT2D eigenvalue weighted by Crippen LogP contribution is -1.91. The summed E-state index contributed by atoms with van der Waals surface area (Å²) in [6.45, 7) is 1.94. The van der Waals surface area contributed by atoms with Crippen molar-refractivity contribution in [3.8, 4) is 17.6 Å². The average molecular weight is 259 g/mol. The molecule has 0 radical (unpaired) electrons. The van der Waals surface area contributed by atoms with Gasteiger partial charge in [-0.15, -0.1) is 0 Å². The van der Waals surface area contributed by atoms with Crippen molar-refractivity contribution in [3.63, 3.8) is 0 Å². The zero-order valence-corrected chi connectivity index (χ0v) is 11.1. The monoisotopic (exact) mass is 259 g/mol. The second-order valence-electron chi connectivity index (χ2n) is 4.67. The van der Waals surface area contributed by atoms with Crippen LogP contribution in [0.15, 0.2) is 60.7 Å². The van der Waals surface area contributed by atoms with Gasteiger partial charge in [-0.2, -0.15) is 5.26 Å². The van der Waals surface area contributed by atoms with Gasteiger partial charge in [-0.05, 0) is 41.5 Å². The second kappa shape index (κ2) is 5.07. The van der Waals surface area contributed by atoms with Crippen LogP contribution in [0.3, 0.4) is 0 Å². The van der Waals surface area contributed by atoms with E-state index >= 15 is 0 Å². The molecule has 3 aromatic carbocycles. The van der Waals surface area contributed by atoms with Crippen LogP contribution in [0.2, 0.25) is 0 Å². The highest BCUT2D eigenvalue weighted by atomic mass is 16.5. The molecule has 0 N–H and O–H groups in total. The van der Waals surface area contributed by atoms with Crippen molar-refractivity contribution in [1.29, 1.82) is 5.26 Å². The maximum Gasteiger partial charge on any atom is 0.148 e. The lowest BCUT2D eigenvalue weighted by atomic mass is 10.1. The minimum Gasteiger partial charge on any atom is -0.456 e. The van der Waals surface area contributed by atoms with Gasteiger partial charge < -0.3 is 4.74 Å². The molecular formula is C18H13NO. The van der Waals surface area contributed by atoms with E-state index in [1.54, 1.807) is 6.07 Å². The number of benzene rings is 3. The topological polar surface area (TPSA) is 33.0 Å². The Kier molecular flexibility index (Phi) is 3.10. The van der Waals surface area contributed by atoms with E-state index in [-0.39, 0.29) is 0 Å². The van der Waals surface area contributed by atoms with Crippen molar-refractivity contribution in [1.82, 2.24) is 0 Å². The molecule has 0 aliphatic heterocycles. The lowest BCUT2D eigenvalue weighted by molar-refractivity contribution is 0.478. The molecular weight excluding hydrogens is 246 g/mol. The summed E-state index contributed by atoms with van der Waals surface area (Å²) in [4.78, 5) is 0. The van der Waals surface area contributed by atoms with E-state index in [1.807, 2.05) is 55.5 Å². The van der Waals surface area contributed by atoms with Gasteiger partial charge in [-0.25, -0.2) is 0 Å². The van der Waals surface area contributed by atoms with Gasteiger partial charge in [0.2, 0.25) is 0 Å². The van der Waals surface area contributed by atoms with Gasteiger partial charge in [0.05, 0.1) is 5.56 Å². The Labute approximate surface area is 117 Å². The van der Waals surface area contributed by atoms with Crippen molar-refractivity contribution in [2.45, 2.75) is 6.92 Å². The van der Waals surface area contributed by atoms with E-state index in [1.165, 1.54) is 5.39 Å². The molecule has 0 fully saturated rings. The van der Waals surface area contributed by atoms with Gasteiger partial charge in [0, 0.05) is 0 Å². The summed E-state index contributed by atoms with van der Waals surface area (Å²) < 4.78 is 5.92. The fourth-order valence-corrected chi connectivity index (χ4v) is 2.22. The third-order valence-electron chi connectivity index (χ3n) is 3.27. The minimum absolute atomic E-state index is 0.554. The van der Waals surface area contributed by atoms with Gasteiger partial charge in [0.1, 0.15) is 17.6 Å².